The van der Waals surface area contributed by atoms with Gasteiger partial charge in [0.25, 0.3) is 0 Å². The molecule has 0 aromatic heterocycles. The molecule has 2 rings (SSSR count). The molecule has 1 unspecified atom stereocenters. The zero-order valence-corrected chi connectivity index (χ0v) is 10.1. The highest BCUT2D eigenvalue weighted by Crippen LogP contribution is 2.23. The molecule has 0 bridgehead atoms. The largest absolute Gasteiger partial charge is 0.497 e. The second kappa shape index (κ2) is 5.53. The molecule has 4 heteroatoms. The van der Waals surface area contributed by atoms with E-state index in [1.54, 1.807) is 7.11 Å². The molecule has 1 atom stereocenters. The molecule has 0 amide bonds. The average molecular weight is 242 g/mol. The SMILES string of the molecule is COc1ccc(CC2COCCN2)c(Cl)c1. The van der Waals surface area contributed by atoms with Crippen LogP contribution >= 0.6 is 11.6 Å². The lowest BCUT2D eigenvalue weighted by atomic mass is 10.1. The highest BCUT2D eigenvalue weighted by molar-refractivity contribution is 6.31. The average Bonchev–Trinajstić information content (AvgIpc) is 2.33. The summed E-state index contributed by atoms with van der Waals surface area (Å²) in [6.07, 6.45) is 0.892. The second-order valence-corrected chi connectivity index (χ2v) is 4.29. The lowest BCUT2D eigenvalue weighted by Gasteiger charge is -2.24. The van der Waals surface area contributed by atoms with Gasteiger partial charge in [-0.2, -0.15) is 0 Å². The zero-order valence-electron chi connectivity index (χ0n) is 9.33. The van der Waals surface area contributed by atoms with Crippen molar-refractivity contribution in [1.82, 2.24) is 5.32 Å². The van der Waals surface area contributed by atoms with Gasteiger partial charge in [0, 0.05) is 17.6 Å². The molecular weight excluding hydrogens is 226 g/mol. The number of morpholine rings is 1. The quantitative estimate of drug-likeness (QED) is 0.877. The Labute approximate surface area is 101 Å². The van der Waals surface area contributed by atoms with Gasteiger partial charge < -0.3 is 14.8 Å². The van der Waals surface area contributed by atoms with E-state index in [2.05, 4.69) is 5.32 Å². The third-order valence-corrected chi connectivity index (χ3v) is 3.08. The molecule has 1 N–H and O–H groups in total. The van der Waals surface area contributed by atoms with Crippen LogP contribution in [0, 0.1) is 0 Å². The van der Waals surface area contributed by atoms with Gasteiger partial charge in [-0.15, -0.1) is 0 Å². The first kappa shape index (κ1) is 11.7. The normalized spacial score (nSPS) is 20.8. The van der Waals surface area contributed by atoms with Crippen LogP contribution in [0.5, 0.6) is 5.75 Å². The summed E-state index contributed by atoms with van der Waals surface area (Å²) in [5.41, 5.74) is 1.13. The lowest BCUT2D eigenvalue weighted by molar-refractivity contribution is 0.0770. The first-order chi connectivity index (χ1) is 7.79. The summed E-state index contributed by atoms with van der Waals surface area (Å²) in [7, 11) is 1.64. The molecule has 1 aromatic carbocycles. The molecule has 3 nitrogen and oxygen atoms in total. The summed E-state index contributed by atoms with van der Waals surface area (Å²) in [4.78, 5) is 0. The van der Waals surface area contributed by atoms with Crippen LogP contribution in [0.2, 0.25) is 5.02 Å². The van der Waals surface area contributed by atoms with Crippen LogP contribution in [0.25, 0.3) is 0 Å². The first-order valence-electron chi connectivity index (χ1n) is 5.43. The molecule has 1 aliphatic rings. The van der Waals surface area contributed by atoms with Crippen LogP contribution in [-0.4, -0.2) is 32.9 Å². The molecule has 1 fully saturated rings. The third kappa shape index (κ3) is 2.88. The van der Waals surface area contributed by atoms with Gasteiger partial charge in [0.1, 0.15) is 5.75 Å². The number of benzene rings is 1. The first-order valence-corrected chi connectivity index (χ1v) is 5.81. The molecule has 16 heavy (non-hydrogen) atoms. The van der Waals surface area contributed by atoms with Gasteiger partial charge in [-0.25, -0.2) is 0 Å². The van der Waals surface area contributed by atoms with E-state index in [9.17, 15) is 0 Å². The molecule has 1 heterocycles. The maximum Gasteiger partial charge on any atom is 0.120 e. The Hall–Kier alpha value is -0.770. The van der Waals surface area contributed by atoms with Crippen molar-refractivity contribution in [3.8, 4) is 5.75 Å². The maximum atomic E-state index is 6.18. The van der Waals surface area contributed by atoms with E-state index in [0.29, 0.717) is 6.04 Å². The molecule has 0 radical (unpaired) electrons. The molecule has 0 saturated carbocycles. The van der Waals surface area contributed by atoms with E-state index in [1.807, 2.05) is 18.2 Å². The monoisotopic (exact) mass is 241 g/mol. The van der Waals surface area contributed by atoms with Crippen LogP contribution in [0.15, 0.2) is 18.2 Å². The van der Waals surface area contributed by atoms with Gasteiger partial charge in [0.05, 0.1) is 20.3 Å². The van der Waals surface area contributed by atoms with E-state index >= 15 is 0 Å². The minimum atomic E-state index is 0.361. The zero-order chi connectivity index (χ0) is 11.4. The number of methoxy groups -OCH3 is 1. The van der Waals surface area contributed by atoms with Crippen LogP contribution in [0.3, 0.4) is 0 Å². The van der Waals surface area contributed by atoms with Crippen molar-refractivity contribution in [3.05, 3.63) is 28.8 Å². The highest BCUT2D eigenvalue weighted by Gasteiger charge is 2.15. The van der Waals surface area contributed by atoms with Crippen molar-refractivity contribution < 1.29 is 9.47 Å². The van der Waals surface area contributed by atoms with Crippen LogP contribution in [-0.2, 0) is 11.2 Å². The summed E-state index contributed by atoms with van der Waals surface area (Å²) < 4.78 is 10.5. The lowest BCUT2D eigenvalue weighted by Crippen LogP contribution is -2.42. The summed E-state index contributed by atoms with van der Waals surface area (Å²) in [5, 5.41) is 4.16. The Kier molecular flexibility index (Phi) is 4.04. The summed E-state index contributed by atoms with van der Waals surface area (Å²) >= 11 is 6.18. The number of halogens is 1. The van der Waals surface area contributed by atoms with E-state index in [4.69, 9.17) is 21.1 Å². The summed E-state index contributed by atoms with van der Waals surface area (Å²) in [5.74, 6) is 0.793. The number of hydrogen-bond acceptors (Lipinski definition) is 3. The third-order valence-electron chi connectivity index (χ3n) is 2.72. The predicted octanol–water partition coefficient (Wildman–Crippen LogP) is 1.88. The Balaban J connectivity index is 2.03. The molecular formula is C12H16ClNO2. The Morgan fingerprint density at radius 1 is 1.56 bits per heavy atom. The molecule has 1 saturated heterocycles. The molecule has 88 valence electrons. The van der Waals surface area contributed by atoms with Crippen molar-refractivity contribution in [2.75, 3.05) is 26.9 Å². The summed E-state index contributed by atoms with van der Waals surface area (Å²) in [6, 6.07) is 6.16. The van der Waals surface area contributed by atoms with E-state index < -0.39 is 0 Å². The van der Waals surface area contributed by atoms with Crippen molar-refractivity contribution in [3.63, 3.8) is 0 Å². The van der Waals surface area contributed by atoms with Crippen LogP contribution in [0.1, 0.15) is 5.56 Å². The van der Waals surface area contributed by atoms with Gasteiger partial charge in [-0.1, -0.05) is 17.7 Å². The highest BCUT2D eigenvalue weighted by atomic mass is 35.5. The van der Waals surface area contributed by atoms with Crippen molar-refractivity contribution in [2.24, 2.45) is 0 Å². The van der Waals surface area contributed by atoms with Gasteiger partial charge in [-0.3, -0.25) is 0 Å². The van der Waals surface area contributed by atoms with Gasteiger partial charge >= 0.3 is 0 Å². The Morgan fingerprint density at radius 3 is 3.06 bits per heavy atom. The topological polar surface area (TPSA) is 30.5 Å². The van der Waals surface area contributed by atoms with E-state index in [0.717, 1.165) is 42.5 Å². The fourth-order valence-electron chi connectivity index (χ4n) is 1.84. The number of ether oxygens (including phenoxy) is 2. The van der Waals surface area contributed by atoms with E-state index in [-0.39, 0.29) is 0 Å². The number of hydrogen-bond donors (Lipinski definition) is 1. The maximum absolute atomic E-state index is 6.18. The smallest absolute Gasteiger partial charge is 0.120 e. The number of nitrogens with one attached hydrogen (secondary N) is 1. The van der Waals surface area contributed by atoms with Gasteiger partial charge in [-0.05, 0) is 24.1 Å². The molecule has 1 aliphatic heterocycles. The fourth-order valence-corrected chi connectivity index (χ4v) is 2.08. The molecule has 1 aromatic rings. The second-order valence-electron chi connectivity index (χ2n) is 3.89. The fraction of sp³-hybridized carbons (Fsp3) is 0.500. The Bertz CT molecular complexity index is 351. The number of rotatable bonds is 3. The molecule has 0 aliphatic carbocycles. The van der Waals surface area contributed by atoms with Crippen molar-refractivity contribution in [2.45, 2.75) is 12.5 Å². The predicted molar refractivity (Wildman–Crippen MR) is 64.3 cm³/mol. The summed E-state index contributed by atoms with van der Waals surface area (Å²) in [6.45, 7) is 2.47. The standard InChI is InChI=1S/C12H16ClNO2/c1-15-11-3-2-9(12(13)7-11)6-10-8-16-5-4-14-10/h2-3,7,10,14H,4-6,8H2,1H3. The van der Waals surface area contributed by atoms with E-state index in [1.165, 1.54) is 0 Å². The minimum Gasteiger partial charge on any atom is -0.497 e. The van der Waals surface area contributed by atoms with Crippen LogP contribution < -0.4 is 10.1 Å². The van der Waals surface area contributed by atoms with Gasteiger partial charge in [0.2, 0.25) is 0 Å². The van der Waals surface area contributed by atoms with Crippen molar-refractivity contribution in [1.29, 1.82) is 0 Å². The Morgan fingerprint density at radius 2 is 2.44 bits per heavy atom. The van der Waals surface area contributed by atoms with Gasteiger partial charge in [0.15, 0.2) is 0 Å². The van der Waals surface area contributed by atoms with Crippen LogP contribution in [0.4, 0.5) is 0 Å². The minimum absolute atomic E-state index is 0.361. The van der Waals surface area contributed by atoms with Crippen molar-refractivity contribution >= 4 is 11.6 Å². The molecule has 0 spiro atoms.